The van der Waals surface area contributed by atoms with Crippen LogP contribution in [0.5, 0.6) is 0 Å². The predicted octanol–water partition coefficient (Wildman–Crippen LogP) is 1.88. The normalized spacial score (nSPS) is 10.7. The molecule has 1 aromatic carbocycles. The van der Waals surface area contributed by atoms with Crippen molar-refractivity contribution in [3.8, 4) is 0 Å². The van der Waals surface area contributed by atoms with Crippen LogP contribution in [0.4, 0.5) is 5.69 Å². The number of anilines is 1. The van der Waals surface area contributed by atoms with Gasteiger partial charge in [-0.15, -0.1) is 0 Å². The van der Waals surface area contributed by atoms with E-state index in [9.17, 15) is 4.79 Å². The summed E-state index contributed by atoms with van der Waals surface area (Å²) in [6.45, 7) is 3.44. The zero-order valence-electron chi connectivity index (χ0n) is 10.7. The molecule has 0 aliphatic heterocycles. The van der Waals surface area contributed by atoms with E-state index in [-0.39, 0.29) is 5.69 Å². The van der Waals surface area contributed by atoms with E-state index in [1.54, 1.807) is 9.13 Å². The Bertz CT molecular complexity index is 568. The van der Waals surface area contributed by atoms with Crippen molar-refractivity contribution in [2.75, 3.05) is 5.73 Å². The highest BCUT2D eigenvalue weighted by Gasteiger charge is 2.01. The van der Waals surface area contributed by atoms with Crippen molar-refractivity contribution >= 4 is 5.69 Å². The SMILES string of the molecule is CCn1ccn(CCCc2cccc(N)c2)c1=O. The van der Waals surface area contributed by atoms with Crippen LogP contribution in [-0.2, 0) is 19.5 Å². The quantitative estimate of drug-likeness (QED) is 0.818. The lowest BCUT2D eigenvalue weighted by Gasteiger charge is -2.03. The Hall–Kier alpha value is -1.97. The number of nitrogens with zero attached hydrogens (tertiary/aromatic N) is 2. The predicted molar refractivity (Wildman–Crippen MR) is 73.5 cm³/mol. The summed E-state index contributed by atoms with van der Waals surface area (Å²) in [6, 6.07) is 7.90. The molecule has 18 heavy (non-hydrogen) atoms. The Kier molecular flexibility index (Phi) is 3.87. The van der Waals surface area contributed by atoms with E-state index < -0.39 is 0 Å². The molecule has 0 bridgehead atoms. The fourth-order valence-electron chi connectivity index (χ4n) is 2.07. The molecule has 96 valence electrons. The third-order valence-corrected chi connectivity index (χ3v) is 3.07. The van der Waals surface area contributed by atoms with Crippen LogP contribution in [0, 0.1) is 0 Å². The molecule has 1 heterocycles. The monoisotopic (exact) mass is 245 g/mol. The summed E-state index contributed by atoms with van der Waals surface area (Å²) in [5.74, 6) is 0. The standard InChI is InChI=1S/C14H19N3O/c1-2-16-9-10-17(14(16)18)8-4-6-12-5-3-7-13(15)11-12/h3,5,7,9-11H,2,4,6,8,15H2,1H3. The maximum Gasteiger partial charge on any atom is 0.328 e. The van der Waals surface area contributed by atoms with Gasteiger partial charge in [0.1, 0.15) is 0 Å². The molecular formula is C14H19N3O. The summed E-state index contributed by atoms with van der Waals surface area (Å²) in [7, 11) is 0. The summed E-state index contributed by atoms with van der Waals surface area (Å²) in [4.78, 5) is 11.8. The average Bonchev–Trinajstić information content (AvgIpc) is 2.71. The fourth-order valence-corrected chi connectivity index (χ4v) is 2.07. The molecule has 0 saturated heterocycles. The Morgan fingerprint density at radius 2 is 2.00 bits per heavy atom. The van der Waals surface area contributed by atoms with Crippen LogP contribution in [0.1, 0.15) is 18.9 Å². The van der Waals surface area contributed by atoms with Crippen molar-refractivity contribution in [1.82, 2.24) is 9.13 Å². The van der Waals surface area contributed by atoms with Crippen LogP contribution in [0.3, 0.4) is 0 Å². The maximum absolute atomic E-state index is 11.8. The van der Waals surface area contributed by atoms with Crippen LogP contribution >= 0.6 is 0 Å². The first kappa shape index (κ1) is 12.5. The molecule has 2 aromatic rings. The molecule has 0 unspecified atom stereocenters. The molecule has 4 nitrogen and oxygen atoms in total. The van der Waals surface area contributed by atoms with Crippen molar-refractivity contribution in [1.29, 1.82) is 0 Å². The van der Waals surface area contributed by atoms with Crippen molar-refractivity contribution in [2.24, 2.45) is 0 Å². The average molecular weight is 245 g/mol. The Balaban J connectivity index is 1.92. The first-order valence-corrected chi connectivity index (χ1v) is 6.30. The first-order chi connectivity index (χ1) is 8.70. The second-order valence-corrected chi connectivity index (χ2v) is 4.41. The minimum absolute atomic E-state index is 0.0741. The number of imidazole rings is 1. The number of nitrogen functional groups attached to an aromatic ring is 1. The van der Waals surface area contributed by atoms with Gasteiger partial charge in [-0.1, -0.05) is 12.1 Å². The van der Waals surface area contributed by atoms with Crippen LogP contribution in [-0.4, -0.2) is 9.13 Å². The Morgan fingerprint density at radius 3 is 2.67 bits per heavy atom. The number of rotatable bonds is 5. The molecule has 0 radical (unpaired) electrons. The lowest BCUT2D eigenvalue weighted by molar-refractivity contribution is 0.596. The molecule has 4 heteroatoms. The molecule has 2 N–H and O–H groups in total. The fraction of sp³-hybridized carbons (Fsp3) is 0.357. The number of hydrogen-bond acceptors (Lipinski definition) is 2. The third kappa shape index (κ3) is 2.83. The van der Waals surface area contributed by atoms with Crippen molar-refractivity contribution in [2.45, 2.75) is 32.9 Å². The molecule has 0 aliphatic carbocycles. The van der Waals surface area contributed by atoms with Gasteiger partial charge in [-0.3, -0.25) is 9.13 Å². The van der Waals surface area contributed by atoms with Gasteiger partial charge in [-0.25, -0.2) is 4.79 Å². The van der Waals surface area contributed by atoms with Crippen molar-refractivity contribution < 1.29 is 0 Å². The summed E-state index contributed by atoms with van der Waals surface area (Å²) in [5.41, 5.74) is 7.82. The summed E-state index contributed by atoms with van der Waals surface area (Å²) >= 11 is 0. The largest absolute Gasteiger partial charge is 0.399 e. The highest BCUT2D eigenvalue weighted by atomic mass is 16.1. The molecule has 0 amide bonds. The van der Waals surface area contributed by atoms with Crippen LogP contribution in [0.25, 0.3) is 0 Å². The van der Waals surface area contributed by atoms with Crippen molar-refractivity contribution in [3.63, 3.8) is 0 Å². The van der Waals surface area contributed by atoms with E-state index in [1.165, 1.54) is 5.56 Å². The number of nitrogens with two attached hydrogens (primary N) is 1. The summed E-state index contributed by atoms with van der Waals surface area (Å²) < 4.78 is 3.47. The second kappa shape index (κ2) is 5.58. The highest BCUT2D eigenvalue weighted by molar-refractivity contribution is 5.40. The molecule has 2 rings (SSSR count). The number of aromatic nitrogens is 2. The van der Waals surface area contributed by atoms with Crippen LogP contribution < -0.4 is 11.4 Å². The molecular weight excluding hydrogens is 226 g/mol. The zero-order valence-corrected chi connectivity index (χ0v) is 10.7. The van der Waals surface area contributed by atoms with Gasteiger partial charge in [0.05, 0.1) is 0 Å². The van der Waals surface area contributed by atoms with Gasteiger partial charge in [0.15, 0.2) is 0 Å². The molecule has 0 fully saturated rings. The van der Waals surface area contributed by atoms with Gasteiger partial charge in [-0.2, -0.15) is 0 Å². The van der Waals surface area contributed by atoms with Gasteiger partial charge in [0.25, 0.3) is 0 Å². The minimum atomic E-state index is 0.0741. The van der Waals surface area contributed by atoms with Crippen LogP contribution in [0.2, 0.25) is 0 Å². The minimum Gasteiger partial charge on any atom is -0.399 e. The van der Waals surface area contributed by atoms with E-state index in [0.717, 1.165) is 31.6 Å². The van der Waals surface area contributed by atoms with Gasteiger partial charge in [-0.05, 0) is 37.5 Å². The molecule has 0 atom stereocenters. The smallest absolute Gasteiger partial charge is 0.328 e. The Morgan fingerprint density at radius 1 is 1.22 bits per heavy atom. The number of aryl methyl sites for hydroxylation is 3. The topological polar surface area (TPSA) is 52.9 Å². The van der Waals surface area contributed by atoms with E-state index >= 15 is 0 Å². The van der Waals surface area contributed by atoms with E-state index in [0.29, 0.717) is 0 Å². The number of hydrogen-bond donors (Lipinski definition) is 1. The van der Waals surface area contributed by atoms with Gasteiger partial charge < -0.3 is 5.73 Å². The second-order valence-electron chi connectivity index (χ2n) is 4.41. The van der Waals surface area contributed by atoms with Crippen molar-refractivity contribution in [3.05, 3.63) is 52.7 Å². The molecule has 0 spiro atoms. The lowest BCUT2D eigenvalue weighted by Crippen LogP contribution is -2.23. The first-order valence-electron chi connectivity index (χ1n) is 6.30. The molecule has 0 aliphatic rings. The van der Waals surface area contributed by atoms with E-state index in [1.807, 2.05) is 37.5 Å². The van der Waals surface area contributed by atoms with Gasteiger partial charge in [0, 0.05) is 31.2 Å². The van der Waals surface area contributed by atoms with Gasteiger partial charge >= 0.3 is 5.69 Å². The summed E-state index contributed by atoms with van der Waals surface area (Å²) in [6.07, 6.45) is 5.57. The van der Waals surface area contributed by atoms with E-state index in [4.69, 9.17) is 5.73 Å². The highest BCUT2D eigenvalue weighted by Crippen LogP contribution is 2.09. The van der Waals surface area contributed by atoms with Gasteiger partial charge in [0.2, 0.25) is 0 Å². The maximum atomic E-state index is 11.8. The van der Waals surface area contributed by atoms with Crippen LogP contribution in [0.15, 0.2) is 41.5 Å². The Labute approximate surface area is 107 Å². The molecule has 0 saturated carbocycles. The third-order valence-electron chi connectivity index (χ3n) is 3.07. The number of benzene rings is 1. The lowest BCUT2D eigenvalue weighted by atomic mass is 10.1. The molecule has 1 aromatic heterocycles. The van der Waals surface area contributed by atoms with E-state index in [2.05, 4.69) is 6.07 Å². The zero-order chi connectivity index (χ0) is 13.0. The summed E-state index contributed by atoms with van der Waals surface area (Å²) in [5, 5.41) is 0.